The van der Waals surface area contributed by atoms with Gasteiger partial charge in [-0.25, -0.2) is 10.2 Å². The average Bonchev–Trinajstić information content (AvgIpc) is 2.35. The van der Waals surface area contributed by atoms with Crippen LogP contribution in [0.25, 0.3) is 11.0 Å². The van der Waals surface area contributed by atoms with Gasteiger partial charge < -0.3 is 14.9 Å². The van der Waals surface area contributed by atoms with Crippen LogP contribution in [0, 0.1) is 0 Å². The highest BCUT2D eigenvalue weighted by Gasteiger charge is 2.11. The summed E-state index contributed by atoms with van der Waals surface area (Å²) in [4.78, 5) is 22.2. The maximum atomic E-state index is 11.6. The predicted molar refractivity (Wildman–Crippen MR) is 66.3 cm³/mol. The van der Waals surface area contributed by atoms with Gasteiger partial charge in [-0.1, -0.05) is 18.2 Å². The van der Waals surface area contributed by atoms with E-state index >= 15 is 0 Å². The first-order chi connectivity index (χ1) is 8.58. The summed E-state index contributed by atoms with van der Waals surface area (Å²) in [5, 5.41) is 9.45. The van der Waals surface area contributed by atoms with E-state index in [0.29, 0.717) is 5.58 Å². The molecule has 1 aromatic heterocycles. The Morgan fingerprint density at radius 3 is 2.83 bits per heavy atom. The van der Waals surface area contributed by atoms with Crippen LogP contribution in [0.3, 0.4) is 0 Å². The van der Waals surface area contributed by atoms with Crippen molar-refractivity contribution in [2.24, 2.45) is 0 Å². The van der Waals surface area contributed by atoms with Crippen molar-refractivity contribution >= 4 is 22.6 Å². The molecule has 94 valence electrons. The van der Waals surface area contributed by atoms with Crippen LogP contribution >= 0.6 is 0 Å². The molecule has 0 aliphatic carbocycles. The van der Waals surface area contributed by atoms with Gasteiger partial charge in [0.2, 0.25) is 0 Å². The van der Waals surface area contributed by atoms with E-state index in [1.165, 1.54) is 6.92 Å². The summed E-state index contributed by atoms with van der Waals surface area (Å²) < 4.78 is 5.08. The van der Waals surface area contributed by atoms with Crippen LogP contribution < -0.4 is 16.5 Å². The van der Waals surface area contributed by atoms with Gasteiger partial charge in [0.25, 0.3) is 0 Å². The number of para-hydroxylation sites is 1. The van der Waals surface area contributed by atoms with Crippen molar-refractivity contribution in [1.29, 1.82) is 0 Å². The number of carboxylic acid groups (broad SMARTS) is 1. The van der Waals surface area contributed by atoms with Crippen LogP contribution in [0.5, 0.6) is 0 Å². The molecule has 6 nitrogen and oxygen atoms in total. The lowest BCUT2D eigenvalue weighted by Crippen LogP contribution is -2.38. The molecule has 0 unspecified atom stereocenters. The average molecular weight is 248 g/mol. The van der Waals surface area contributed by atoms with Crippen molar-refractivity contribution in [2.45, 2.75) is 13.0 Å². The summed E-state index contributed by atoms with van der Waals surface area (Å²) in [6.45, 7) is 1.46. The monoisotopic (exact) mass is 248 g/mol. The molecule has 0 fully saturated rings. The molecule has 0 radical (unpaired) electrons. The zero-order valence-electron chi connectivity index (χ0n) is 9.64. The van der Waals surface area contributed by atoms with Crippen molar-refractivity contribution in [3.63, 3.8) is 0 Å². The molecule has 0 aliphatic heterocycles. The molecule has 1 heterocycles. The number of hydrogen-bond donors (Lipinski definition) is 3. The highest BCUT2D eigenvalue weighted by atomic mass is 16.4. The number of anilines is 1. The van der Waals surface area contributed by atoms with Gasteiger partial charge >= 0.3 is 11.6 Å². The van der Waals surface area contributed by atoms with E-state index in [9.17, 15) is 9.59 Å². The van der Waals surface area contributed by atoms with Crippen molar-refractivity contribution in [3.8, 4) is 0 Å². The van der Waals surface area contributed by atoms with Gasteiger partial charge in [0.15, 0.2) is 0 Å². The Hall–Kier alpha value is -2.34. The third kappa shape index (κ3) is 2.49. The van der Waals surface area contributed by atoms with E-state index in [-0.39, 0.29) is 5.69 Å². The lowest BCUT2D eigenvalue weighted by molar-refractivity contribution is -0.138. The maximum Gasteiger partial charge on any atom is 0.361 e. The number of hydrazine groups is 1. The number of rotatable bonds is 4. The zero-order chi connectivity index (χ0) is 13.1. The van der Waals surface area contributed by atoms with Crippen molar-refractivity contribution in [3.05, 3.63) is 40.8 Å². The van der Waals surface area contributed by atoms with Gasteiger partial charge in [-0.15, -0.1) is 0 Å². The van der Waals surface area contributed by atoms with Gasteiger partial charge in [-0.05, 0) is 19.1 Å². The molecule has 0 aliphatic rings. The summed E-state index contributed by atoms with van der Waals surface area (Å²) in [6.07, 6.45) is 0. The third-order valence-electron chi connectivity index (χ3n) is 2.44. The van der Waals surface area contributed by atoms with Gasteiger partial charge in [-0.2, -0.15) is 0 Å². The Kier molecular flexibility index (Phi) is 3.29. The molecule has 6 heteroatoms. The minimum absolute atomic E-state index is 0.168. The van der Waals surface area contributed by atoms with Crippen LogP contribution in [0.4, 0.5) is 5.69 Å². The van der Waals surface area contributed by atoms with Crippen LogP contribution in [0.15, 0.2) is 39.5 Å². The Balaban J connectivity index is 2.26. The summed E-state index contributed by atoms with van der Waals surface area (Å²) in [7, 11) is 0. The first kappa shape index (κ1) is 12.1. The van der Waals surface area contributed by atoms with E-state index in [2.05, 4.69) is 10.9 Å². The molecule has 18 heavy (non-hydrogen) atoms. The largest absolute Gasteiger partial charge is 0.480 e. The standard InChI is InChI=1S/C12H12N2O4/c1-7(11(15)16)13-14-9-6-8-4-2-3-5-10(8)18-12(9)17/h2-7,13-14H,1H3,(H,15,16)/t7-/m0/s1. The quantitative estimate of drug-likeness (QED) is 0.556. The Bertz CT molecular complexity index is 635. The van der Waals surface area contributed by atoms with Crippen molar-refractivity contribution in [2.75, 3.05) is 5.43 Å². The number of benzene rings is 1. The lowest BCUT2D eigenvalue weighted by Gasteiger charge is -2.10. The third-order valence-corrected chi connectivity index (χ3v) is 2.44. The summed E-state index contributed by atoms with van der Waals surface area (Å²) in [5.41, 5.74) is 5.14. The van der Waals surface area contributed by atoms with Gasteiger partial charge in [0.05, 0.1) is 0 Å². The molecule has 2 rings (SSSR count). The molecule has 3 N–H and O–H groups in total. The number of carboxylic acids is 1. The van der Waals surface area contributed by atoms with Gasteiger partial charge in [0.1, 0.15) is 17.3 Å². The molecule has 0 saturated heterocycles. The molecule has 1 atom stereocenters. The SMILES string of the molecule is C[C@H](NNc1cc2ccccc2oc1=O)C(=O)O. The fourth-order valence-corrected chi connectivity index (χ4v) is 1.40. The number of hydrogen-bond acceptors (Lipinski definition) is 5. The topological polar surface area (TPSA) is 91.6 Å². The number of nitrogens with one attached hydrogen (secondary N) is 2. The van der Waals surface area contributed by atoms with Crippen LogP contribution in [-0.2, 0) is 4.79 Å². The van der Waals surface area contributed by atoms with Crippen molar-refractivity contribution < 1.29 is 14.3 Å². The molecule has 0 spiro atoms. The fourth-order valence-electron chi connectivity index (χ4n) is 1.40. The second-order valence-electron chi connectivity index (χ2n) is 3.81. The smallest absolute Gasteiger partial charge is 0.361 e. The number of aliphatic carboxylic acids is 1. The minimum Gasteiger partial charge on any atom is -0.480 e. The molecule has 0 amide bonds. The lowest BCUT2D eigenvalue weighted by atomic mass is 10.2. The Morgan fingerprint density at radius 2 is 2.11 bits per heavy atom. The van der Waals surface area contributed by atoms with E-state index in [1.54, 1.807) is 24.3 Å². The van der Waals surface area contributed by atoms with Gasteiger partial charge in [-0.3, -0.25) is 4.79 Å². The van der Waals surface area contributed by atoms with Crippen molar-refractivity contribution in [1.82, 2.24) is 5.43 Å². The highest BCUT2D eigenvalue weighted by molar-refractivity contribution is 5.79. The van der Waals surface area contributed by atoms with E-state index in [4.69, 9.17) is 9.52 Å². The maximum absolute atomic E-state index is 11.6. The number of fused-ring (bicyclic) bond motifs is 1. The first-order valence-electron chi connectivity index (χ1n) is 5.35. The molecule has 0 saturated carbocycles. The van der Waals surface area contributed by atoms with Crippen LogP contribution in [0.1, 0.15) is 6.92 Å². The molecule has 1 aromatic carbocycles. The Labute approximate surface area is 102 Å². The minimum atomic E-state index is -1.02. The van der Waals surface area contributed by atoms with Crippen LogP contribution in [0.2, 0.25) is 0 Å². The van der Waals surface area contributed by atoms with Crippen LogP contribution in [-0.4, -0.2) is 17.1 Å². The molecule has 0 bridgehead atoms. The molecule has 2 aromatic rings. The van der Waals surface area contributed by atoms with Gasteiger partial charge in [0, 0.05) is 5.39 Å². The normalized spacial score (nSPS) is 12.3. The summed E-state index contributed by atoms with van der Waals surface area (Å²) >= 11 is 0. The zero-order valence-corrected chi connectivity index (χ0v) is 9.64. The second-order valence-corrected chi connectivity index (χ2v) is 3.81. The summed E-state index contributed by atoms with van der Waals surface area (Å²) in [5.74, 6) is -1.02. The summed E-state index contributed by atoms with van der Waals surface area (Å²) in [6, 6.07) is 7.85. The van der Waals surface area contributed by atoms with E-state index in [1.807, 2.05) is 6.07 Å². The predicted octanol–water partition coefficient (Wildman–Crippen LogP) is 1.18. The molecular formula is C12H12N2O4. The van der Waals surface area contributed by atoms with E-state index < -0.39 is 17.6 Å². The van der Waals surface area contributed by atoms with E-state index in [0.717, 1.165) is 5.39 Å². The first-order valence-corrected chi connectivity index (χ1v) is 5.35. The fraction of sp³-hybridized carbons (Fsp3) is 0.167. The second kappa shape index (κ2) is 4.89. The highest BCUT2D eigenvalue weighted by Crippen LogP contribution is 2.14. The number of carbonyl (C=O) groups is 1. The molecular weight excluding hydrogens is 236 g/mol. The Morgan fingerprint density at radius 1 is 1.39 bits per heavy atom.